The van der Waals surface area contributed by atoms with Crippen LogP contribution in [-0.4, -0.2) is 15.9 Å². The van der Waals surface area contributed by atoms with Gasteiger partial charge in [0.15, 0.2) is 0 Å². The highest BCUT2D eigenvalue weighted by Gasteiger charge is 2.10. The number of hydrogen-bond donors (Lipinski definition) is 1. The Bertz CT molecular complexity index is 1040. The summed E-state index contributed by atoms with van der Waals surface area (Å²) in [5.74, 6) is 0.774. The number of pyridine rings is 2. The number of benzene rings is 1. The molecule has 0 aliphatic heterocycles. The minimum Gasteiger partial charge on any atom is -0.439 e. The van der Waals surface area contributed by atoms with Crippen LogP contribution in [0.2, 0.25) is 0 Å². The SMILES string of the molecule is Cc1ccc(Oc2ccc(NC(=O)c3ccc(C#N)c(C)n3)cn2)cc1C. The Morgan fingerprint density at radius 1 is 1.07 bits per heavy atom. The fourth-order valence-electron chi connectivity index (χ4n) is 2.41. The van der Waals surface area contributed by atoms with Crippen LogP contribution in [0.3, 0.4) is 0 Å². The molecule has 1 N–H and O–H groups in total. The maximum absolute atomic E-state index is 12.3. The first-order chi connectivity index (χ1) is 13.0. The predicted molar refractivity (Wildman–Crippen MR) is 102 cm³/mol. The summed E-state index contributed by atoms with van der Waals surface area (Å²) in [5.41, 5.74) is 4.06. The number of rotatable bonds is 4. The quantitative estimate of drug-likeness (QED) is 0.750. The van der Waals surface area contributed by atoms with Gasteiger partial charge in [0, 0.05) is 6.07 Å². The third kappa shape index (κ3) is 4.28. The van der Waals surface area contributed by atoms with Gasteiger partial charge >= 0.3 is 0 Å². The maximum Gasteiger partial charge on any atom is 0.274 e. The van der Waals surface area contributed by atoms with Gasteiger partial charge in [0.05, 0.1) is 23.1 Å². The Morgan fingerprint density at radius 3 is 2.52 bits per heavy atom. The van der Waals surface area contributed by atoms with Crippen molar-refractivity contribution in [2.24, 2.45) is 0 Å². The van der Waals surface area contributed by atoms with Crippen LogP contribution in [0.1, 0.15) is 32.9 Å². The number of carbonyl (C=O) groups excluding carboxylic acids is 1. The van der Waals surface area contributed by atoms with Gasteiger partial charge in [-0.15, -0.1) is 0 Å². The first kappa shape index (κ1) is 18.1. The van der Waals surface area contributed by atoms with Crippen LogP contribution in [0, 0.1) is 32.1 Å². The van der Waals surface area contributed by atoms with Gasteiger partial charge in [-0.1, -0.05) is 6.07 Å². The maximum atomic E-state index is 12.3. The van der Waals surface area contributed by atoms with E-state index in [1.807, 2.05) is 38.1 Å². The second-order valence-corrected chi connectivity index (χ2v) is 6.13. The second kappa shape index (κ2) is 7.67. The van der Waals surface area contributed by atoms with Crippen molar-refractivity contribution >= 4 is 11.6 Å². The van der Waals surface area contributed by atoms with E-state index in [4.69, 9.17) is 10.00 Å². The van der Waals surface area contributed by atoms with Gasteiger partial charge < -0.3 is 10.1 Å². The molecule has 0 aliphatic carbocycles. The highest BCUT2D eigenvalue weighted by atomic mass is 16.5. The number of anilines is 1. The summed E-state index contributed by atoms with van der Waals surface area (Å²) in [7, 11) is 0. The Kier molecular flexibility index (Phi) is 5.13. The molecule has 27 heavy (non-hydrogen) atoms. The third-order valence-corrected chi connectivity index (χ3v) is 4.13. The average Bonchev–Trinajstić information content (AvgIpc) is 2.66. The van der Waals surface area contributed by atoms with Crippen molar-refractivity contribution in [1.29, 1.82) is 5.26 Å². The number of aryl methyl sites for hydroxylation is 3. The number of hydrogen-bond acceptors (Lipinski definition) is 5. The van der Waals surface area contributed by atoms with E-state index in [0.717, 1.165) is 5.56 Å². The van der Waals surface area contributed by atoms with Gasteiger partial charge in [0.25, 0.3) is 5.91 Å². The van der Waals surface area contributed by atoms with Crippen molar-refractivity contribution in [2.75, 3.05) is 5.32 Å². The van der Waals surface area contributed by atoms with E-state index >= 15 is 0 Å². The number of amides is 1. The molecule has 1 aromatic carbocycles. The standard InChI is InChI=1S/C21H18N4O2/c1-13-4-7-18(10-14(13)2)27-20-9-6-17(12-23-20)25-21(26)19-8-5-16(11-22)15(3)24-19/h4-10,12H,1-3H3,(H,25,26). The summed E-state index contributed by atoms with van der Waals surface area (Å²) in [4.78, 5) is 20.7. The zero-order chi connectivity index (χ0) is 19.4. The van der Waals surface area contributed by atoms with Crippen molar-refractivity contribution in [2.45, 2.75) is 20.8 Å². The summed E-state index contributed by atoms with van der Waals surface area (Å²) < 4.78 is 5.73. The van der Waals surface area contributed by atoms with Crippen molar-refractivity contribution in [3.63, 3.8) is 0 Å². The number of carbonyl (C=O) groups is 1. The number of aromatic nitrogens is 2. The van der Waals surface area contributed by atoms with Gasteiger partial charge in [-0.05, 0) is 62.2 Å². The Hall–Kier alpha value is -3.72. The predicted octanol–water partition coefficient (Wildman–Crippen LogP) is 4.32. The monoisotopic (exact) mass is 358 g/mol. The Balaban J connectivity index is 1.68. The summed E-state index contributed by atoms with van der Waals surface area (Å²) in [6.45, 7) is 5.75. The van der Waals surface area contributed by atoms with Crippen LogP contribution >= 0.6 is 0 Å². The molecule has 6 heteroatoms. The van der Waals surface area contributed by atoms with E-state index in [1.54, 1.807) is 25.1 Å². The number of nitriles is 1. The second-order valence-electron chi connectivity index (χ2n) is 6.13. The van der Waals surface area contributed by atoms with Crippen LogP contribution in [0.4, 0.5) is 5.69 Å². The van der Waals surface area contributed by atoms with Crippen LogP contribution in [0.25, 0.3) is 0 Å². The van der Waals surface area contributed by atoms with Crippen molar-refractivity contribution in [3.8, 4) is 17.7 Å². The molecular weight excluding hydrogens is 340 g/mol. The Morgan fingerprint density at radius 2 is 1.89 bits per heavy atom. The van der Waals surface area contributed by atoms with E-state index in [1.165, 1.54) is 17.8 Å². The highest BCUT2D eigenvalue weighted by Crippen LogP contribution is 2.23. The largest absolute Gasteiger partial charge is 0.439 e. The molecule has 3 rings (SSSR count). The lowest BCUT2D eigenvalue weighted by Gasteiger charge is -2.09. The normalized spacial score (nSPS) is 10.1. The van der Waals surface area contributed by atoms with Gasteiger partial charge in [-0.25, -0.2) is 9.97 Å². The molecule has 6 nitrogen and oxygen atoms in total. The number of ether oxygens (including phenoxy) is 1. The molecule has 0 fully saturated rings. The van der Waals surface area contributed by atoms with E-state index < -0.39 is 0 Å². The van der Waals surface area contributed by atoms with Crippen molar-refractivity contribution in [3.05, 3.63) is 76.7 Å². The van der Waals surface area contributed by atoms with Gasteiger partial charge in [0.1, 0.15) is 17.5 Å². The topological polar surface area (TPSA) is 87.9 Å². The number of nitrogens with zero attached hydrogens (tertiary/aromatic N) is 3. The molecule has 2 heterocycles. The summed E-state index contributed by atoms with van der Waals surface area (Å²) in [6, 6.07) is 14.3. The fraction of sp³-hybridized carbons (Fsp3) is 0.143. The van der Waals surface area contributed by atoms with E-state index in [-0.39, 0.29) is 11.6 Å². The van der Waals surface area contributed by atoms with Crippen LogP contribution < -0.4 is 10.1 Å². The average molecular weight is 358 g/mol. The molecule has 0 bridgehead atoms. The molecule has 0 aliphatic rings. The van der Waals surface area contributed by atoms with Gasteiger partial charge in [-0.3, -0.25) is 4.79 Å². The van der Waals surface area contributed by atoms with Crippen molar-refractivity contribution < 1.29 is 9.53 Å². The molecule has 2 aromatic heterocycles. The minimum absolute atomic E-state index is 0.238. The first-order valence-electron chi connectivity index (χ1n) is 8.36. The third-order valence-electron chi connectivity index (χ3n) is 4.13. The molecule has 0 atom stereocenters. The van der Waals surface area contributed by atoms with Gasteiger partial charge in [-0.2, -0.15) is 5.26 Å². The summed E-state index contributed by atoms with van der Waals surface area (Å²) in [6.07, 6.45) is 1.52. The molecule has 134 valence electrons. The number of nitrogens with one attached hydrogen (secondary N) is 1. The molecule has 0 unspecified atom stereocenters. The lowest BCUT2D eigenvalue weighted by Crippen LogP contribution is -2.14. The van der Waals surface area contributed by atoms with E-state index in [2.05, 4.69) is 15.3 Å². The molecule has 0 spiro atoms. The molecular formula is C21H18N4O2. The minimum atomic E-state index is -0.368. The summed E-state index contributed by atoms with van der Waals surface area (Å²) in [5, 5.41) is 11.7. The van der Waals surface area contributed by atoms with Crippen LogP contribution in [0.15, 0.2) is 48.7 Å². The fourth-order valence-corrected chi connectivity index (χ4v) is 2.41. The zero-order valence-electron chi connectivity index (χ0n) is 15.3. The van der Waals surface area contributed by atoms with Crippen LogP contribution in [0.5, 0.6) is 11.6 Å². The summed E-state index contributed by atoms with van der Waals surface area (Å²) >= 11 is 0. The molecule has 1 amide bonds. The van der Waals surface area contributed by atoms with Gasteiger partial charge in [0.2, 0.25) is 5.88 Å². The lowest BCUT2D eigenvalue weighted by atomic mass is 10.1. The highest BCUT2D eigenvalue weighted by molar-refractivity contribution is 6.02. The lowest BCUT2D eigenvalue weighted by molar-refractivity contribution is 0.102. The first-order valence-corrected chi connectivity index (χ1v) is 8.36. The molecule has 3 aromatic rings. The smallest absolute Gasteiger partial charge is 0.274 e. The molecule has 0 saturated heterocycles. The zero-order valence-corrected chi connectivity index (χ0v) is 15.3. The van der Waals surface area contributed by atoms with E-state index in [9.17, 15) is 4.79 Å². The Labute approximate surface area is 157 Å². The van der Waals surface area contributed by atoms with E-state index in [0.29, 0.717) is 28.6 Å². The van der Waals surface area contributed by atoms with Crippen molar-refractivity contribution in [1.82, 2.24) is 9.97 Å². The molecule has 0 radical (unpaired) electrons. The van der Waals surface area contributed by atoms with Crippen LogP contribution in [-0.2, 0) is 0 Å². The molecule has 0 saturated carbocycles.